The number of rotatable bonds is 4. The average molecular weight is 231 g/mol. The van der Waals surface area contributed by atoms with Crippen molar-refractivity contribution in [3.8, 4) is 0 Å². The van der Waals surface area contributed by atoms with E-state index in [1.54, 1.807) is 37.3 Å². The minimum atomic E-state index is -1.20. The molecule has 0 saturated carbocycles. The summed E-state index contributed by atoms with van der Waals surface area (Å²) in [5.74, 6) is -1.99. The number of primary amides is 1. The third-order valence-electron chi connectivity index (χ3n) is 2.20. The summed E-state index contributed by atoms with van der Waals surface area (Å²) in [5, 5.41) is 9.19. The van der Waals surface area contributed by atoms with Crippen LogP contribution in [0.1, 0.15) is 12.5 Å². The molecule has 0 aromatic heterocycles. The van der Waals surface area contributed by atoms with E-state index in [4.69, 9.17) is 5.73 Å². The molecule has 1 amide bonds. The van der Waals surface area contributed by atoms with Crippen molar-refractivity contribution in [3.63, 3.8) is 0 Å². The maximum absolute atomic E-state index is 11.3. The van der Waals surface area contributed by atoms with Crippen LogP contribution in [0, 0.1) is 0 Å². The Morgan fingerprint density at radius 2 is 1.76 bits per heavy atom. The molecule has 4 nitrogen and oxygen atoms in total. The fourth-order valence-corrected chi connectivity index (χ4v) is 1.53. The molecule has 0 aliphatic carbocycles. The molecule has 1 aromatic rings. The molecule has 0 bridgehead atoms. The van der Waals surface area contributed by atoms with Crippen molar-refractivity contribution in [2.45, 2.75) is 6.92 Å². The normalized spacial score (nSPS) is 11.6. The van der Waals surface area contributed by atoms with E-state index in [-0.39, 0.29) is 11.1 Å². The van der Waals surface area contributed by atoms with Crippen molar-refractivity contribution in [2.24, 2.45) is 5.73 Å². The van der Waals surface area contributed by atoms with Crippen LogP contribution < -0.4 is 5.73 Å². The van der Waals surface area contributed by atoms with E-state index in [0.717, 1.165) is 0 Å². The molecule has 1 aromatic carbocycles. The quantitative estimate of drug-likeness (QED) is 0.610. The van der Waals surface area contributed by atoms with Crippen molar-refractivity contribution < 1.29 is 14.7 Å². The van der Waals surface area contributed by atoms with Gasteiger partial charge in [-0.1, -0.05) is 36.9 Å². The number of benzene rings is 1. The molecule has 88 valence electrons. The first-order chi connectivity index (χ1) is 7.95. The Labute approximate surface area is 99.1 Å². The lowest BCUT2D eigenvalue weighted by Crippen LogP contribution is -2.19. The smallest absolute Gasteiger partial charge is 0.337 e. The van der Waals surface area contributed by atoms with Gasteiger partial charge in [0.05, 0.1) is 11.1 Å². The number of hydrogen-bond donors (Lipinski definition) is 2. The maximum atomic E-state index is 11.3. The first-order valence-electron chi connectivity index (χ1n) is 4.93. The van der Waals surface area contributed by atoms with Crippen LogP contribution in [0.15, 0.2) is 48.1 Å². The molecule has 1 rings (SSSR count). The van der Waals surface area contributed by atoms with Crippen LogP contribution in [-0.4, -0.2) is 17.0 Å². The van der Waals surface area contributed by atoms with Gasteiger partial charge in [-0.25, -0.2) is 4.79 Å². The molecule has 3 N–H and O–H groups in total. The van der Waals surface area contributed by atoms with E-state index >= 15 is 0 Å². The zero-order chi connectivity index (χ0) is 13.0. The largest absolute Gasteiger partial charge is 0.478 e. The highest BCUT2D eigenvalue weighted by Gasteiger charge is 2.20. The number of carbonyl (C=O) groups is 2. The van der Waals surface area contributed by atoms with Gasteiger partial charge in [0.25, 0.3) is 0 Å². The van der Waals surface area contributed by atoms with Gasteiger partial charge in [-0.3, -0.25) is 4.79 Å². The van der Waals surface area contributed by atoms with Crippen molar-refractivity contribution in [2.75, 3.05) is 0 Å². The Morgan fingerprint density at radius 3 is 2.12 bits per heavy atom. The van der Waals surface area contributed by atoms with Crippen molar-refractivity contribution >= 4 is 17.4 Å². The van der Waals surface area contributed by atoms with Crippen molar-refractivity contribution in [1.29, 1.82) is 0 Å². The van der Waals surface area contributed by atoms with Crippen molar-refractivity contribution in [3.05, 3.63) is 53.6 Å². The molecule has 0 saturated heterocycles. The number of carboxylic acid groups (broad SMARTS) is 1. The van der Waals surface area contributed by atoms with Gasteiger partial charge in [-0.2, -0.15) is 0 Å². The summed E-state index contributed by atoms with van der Waals surface area (Å²) in [4.78, 5) is 22.5. The highest BCUT2D eigenvalue weighted by molar-refractivity contribution is 6.24. The van der Waals surface area contributed by atoms with Crippen LogP contribution in [0.4, 0.5) is 0 Å². The predicted octanol–water partition coefficient (Wildman–Crippen LogP) is 1.59. The van der Waals surface area contributed by atoms with E-state index in [1.165, 1.54) is 0 Å². The van der Waals surface area contributed by atoms with Gasteiger partial charge in [-0.05, 0) is 18.1 Å². The molecule has 4 heteroatoms. The van der Waals surface area contributed by atoms with Gasteiger partial charge >= 0.3 is 5.97 Å². The predicted molar refractivity (Wildman–Crippen MR) is 65.0 cm³/mol. The molecule has 0 radical (unpaired) electrons. The summed E-state index contributed by atoms with van der Waals surface area (Å²) in [6.07, 6.45) is 0. The molecule has 0 fully saturated rings. The summed E-state index contributed by atoms with van der Waals surface area (Å²) in [5.41, 5.74) is 5.78. The number of nitrogens with two attached hydrogens (primary N) is 1. The Balaban J connectivity index is 3.55. The Morgan fingerprint density at radius 1 is 1.24 bits per heavy atom. The summed E-state index contributed by atoms with van der Waals surface area (Å²) in [7, 11) is 0. The van der Waals surface area contributed by atoms with Crippen LogP contribution in [-0.2, 0) is 9.59 Å². The molecule has 0 unspecified atom stereocenters. The highest BCUT2D eigenvalue weighted by atomic mass is 16.4. The van der Waals surface area contributed by atoms with E-state index < -0.39 is 11.9 Å². The van der Waals surface area contributed by atoms with E-state index in [0.29, 0.717) is 11.1 Å². The molecule has 0 atom stereocenters. The zero-order valence-electron chi connectivity index (χ0n) is 9.43. The molecule has 17 heavy (non-hydrogen) atoms. The monoisotopic (exact) mass is 231 g/mol. The second-order valence-corrected chi connectivity index (χ2v) is 3.57. The Kier molecular flexibility index (Phi) is 3.82. The molecular formula is C13H13NO3. The average Bonchev–Trinajstić information content (AvgIpc) is 2.25. The van der Waals surface area contributed by atoms with Crippen LogP contribution in [0.5, 0.6) is 0 Å². The summed E-state index contributed by atoms with van der Waals surface area (Å²) in [6.45, 7) is 5.13. The van der Waals surface area contributed by atoms with Crippen LogP contribution in [0.25, 0.3) is 5.57 Å². The van der Waals surface area contributed by atoms with E-state index in [2.05, 4.69) is 6.58 Å². The minimum absolute atomic E-state index is 0.0521. The molecule has 0 heterocycles. The number of amides is 1. The fraction of sp³-hybridized carbons (Fsp3) is 0.0769. The number of carboxylic acids is 1. The summed E-state index contributed by atoms with van der Waals surface area (Å²) >= 11 is 0. The molecular weight excluding hydrogens is 218 g/mol. The Bertz CT molecular complexity index is 485. The first kappa shape index (κ1) is 12.7. The second-order valence-electron chi connectivity index (χ2n) is 3.57. The number of hydrogen-bond acceptors (Lipinski definition) is 2. The van der Waals surface area contributed by atoms with Crippen LogP contribution >= 0.6 is 0 Å². The standard InChI is InChI=1S/C13H13NO3/c1-8(2)10(12(14)15)11(13(16)17)9-6-4-3-5-7-9/h3-7H,1H2,2H3,(H2,14,15)(H,16,17). The highest BCUT2D eigenvalue weighted by Crippen LogP contribution is 2.23. The van der Waals surface area contributed by atoms with Gasteiger partial charge in [0.1, 0.15) is 0 Å². The van der Waals surface area contributed by atoms with E-state index in [9.17, 15) is 14.7 Å². The minimum Gasteiger partial charge on any atom is -0.478 e. The summed E-state index contributed by atoms with van der Waals surface area (Å²) in [6, 6.07) is 8.35. The molecule has 0 spiro atoms. The van der Waals surface area contributed by atoms with Crippen molar-refractivity contribution in [1.82, 2.24) is 0 Å². The number of aliphatic carboxylic acids is 1. The maximum Gasteiger partial charge on any atom is 0.337 e. The van der Waals surface area contributed by atoms with Gasteiger partial charge in [0, 0.05) is 0 Å². The fourth-order valence-electron chi connectivity index (χ4n) is 1.53. The lowest BCUT2D eigenvalue weighted by Gasteiger charge is -2.09. The van der Waals surface area contributed by atoms with Gasteiger partial charge < -0.3 is 10.8 Å². The van der Waals surface area contributed by atoms with Gasteiger partial charge in [0.2, 0.25) is 5.91 Å². The third kappa shape index (κ3) is 2.81. The summed E-state index contributed by atoms with van der Waals surface area (Å²) < 4.78 is 0. The molecule has 0 aliphatic rings. The van der Waals surface area contributed by atoms with E-state index in [1.807, 2.05) is 0 Å². The molecule has 0 aliphatic heterocycles. The van der Waals surface area contributed by atoms with Crippen LogP contribution in [0.3, 0.4) is 0 Å². The zero-order valence-corrected chi connectivity index (χ0v) is 9.43. The second kappa shape index (κ2) is 5.12. The lowest BCUT2D eigenvalue weighted by atomic mass is 9.95. The third-order valence-corrected chi connectivity index (χ3v) is 2.20. The van der Waals surface area contributed by atoms with Gasteiger partial charge in [0.15, 0.2) is 0 Å². The van der Waals surface area contributed by atoms with Gasteiger partial charge in [-0.15, -0.1) is 0 Å². The first-order valence-corrected chi connectivity index (χ1v) is 4.93. The number of carbonyl (C=O) groups excluding carboxylic acids is 1. The van der Waals surface area contributed by atoms with Crippen LogP contribution in [0.2, 0.25) is 0 Å². The lowest BCUT2D eigenvalue weighted by molar-refractivity contribution is -0.130. The Hall–Kier alpha value is -2.36. The topological polar surface area (TPSA) is 80.4 Å². The SMILES string of the molecule is C=C(C)C(C(N)=O)=C(C(=O)O)c1ccccc1.